The minimum absolute atomic E-state index is 0.114. The van der Waals surface area contributed by atoms with Crippen LogP contribution in [0.1, 0.15) is 18.4 Å². The highest BCUT2D eigenvalue weighted by Gasteiger charge is 2.33. The van der Waals surface area contributed by atoms with Crippen molar-refractivity contribution in [3.63, 3.8) is 0 Å². The first-order valence-corrected chi connectivity index (χ1v) is 6.12. The van der Waals surface area contributed by atoms with E-state index in [0.717, 1.165) is 17.0 Å². The third-order valence-corrected chi connectivity index (χ3v) is 2.70. The second-order valence-electron chi connectivity index (χ2n) is 4.39. The molecule has 5 nitrogen and oxygen atoms in total. The summed E-state index contributed by atoms with van der Waals surface area (Å²) in [5.74, 6) is -0.994. The summed E-state index contributed by atoms with van der Waals surface area (Å²) in [5, 5.41) is 10.7. The number of urea groups is 1. The van der Waals surface area contributed by atoms with Crippen molar-refractivity contribution >= 4 is 17.7 Å². The Balaban J connectivity index is 2.69. The number of nitrogens with zero attached hydrogens (tertiary/aromatic N) is 1. The van der Waals surface area contributed by atoms with Crippen molar-refractivity contribution in [1.29, 1.82) is 0 Å². The van der Waals surface area contributed by atoms with Gasteiger partial charge in [0.15, 0.2) is 0 Å². The summed E-state index contributed by atoms with van der Waals surface area (Å²) in [6, 6.07) is 3.92. The maximum Gasteiger partial charge on any atom is 0.418 e. The quantitative estimate of drug-likeness (QED) is 0.878. The Hall–Kier alpha value is -2.25. The smallest absolute Gasteiger partial charge is 0.418 e. The van der Waals surface area contributed by atoms with E-state index in [4.69, 9.17) is 5.11 Å². The van der Waals surface area contributed by atoms with Crippen LogP contribution in [0, 0.1) is 0 Å². The fourth-order valence-corrected chi connectivity index (χ4v) is 1.62. The van der Waals surface area contributed by atoms with Crippen LogP contribution in [0.5, 0.6) is 0 Å². The Labute approximate surface area is 119 Å². The predicted octanol–water partition coefficient (Wildman–Crippen LogP) is 3.03. The summed E-state index contributed by atoms with van der Waals surface area (Å²) in [6.07, 6.45) is -4.46. The number of nitrogens with one attached hydrogen (secondary N) is 1. The number of carbonyl (C=O) groups excluding carboxylic acids is 1. The van der Waals surface area contributed by atoms with Gasteiger partial charge in [0.1, 0.15) is 0 Å². The standard InChI is InChI=1S/C13H15F3N2O3/c1-18(8-4-7-11(19)20)12(21)17-10-6-3-2-5-9(10)13(14,15)16/h2-3,5-6H,4,7-8H2,1H3,(H,17,21)(H,19,20). The number of carboxylic acid groups (broad SMARTS) is 1. The number of aliphatic carboxylic acids is 1. The number of rotatable bonds is 5. The maximum absolute atomic E-state index is 12.8. The lowest BCUT2D eigenvalue weighted by atomic mass is 10.1. The number of amides is 2. The van der Waals surface area contributed by atoms with Gasteiger partial charge in [-0.2, -0.15) is 13.2 Å². The van der Waals surface area contributed by atoms with Crippen LogP contribution < -0.4 is 5.32 Å². The van der Waals surface area contributed by atoms with Crippen molar-refractivity contribution < 1.29 is 27.9 Å². The molecule has 1 aromatic carbocycles. The summed E-state index contributed by atoms with van der Waals surface area (Å²) >= 11 is 0. The highest BCUT2D eigenvalue weighted by molar-refractivity contribution is 5.90. The number of anilines is 1. The van der Waals surface area contributed by atoms with E-state index < -0.39 is 23.7 Å². The second kappa shape index (κ2) is 6.96. The molecule has 0 saturated carbocycles. The largest absolute Gasteiger partial charge is 0.481 e. The fourth-order valence-electron chi connectivity index (χ4n) is 1.62. The first-order chi connectivity index (χ1) is 9.71. The Morgan fingerprint density at radius 1 is 1.29 bits per heavy atom. The predicted molar refractivity (Wildman–Crippen MR) is 70.0 cm³/mol. The van der Waals surface area contributed by atoms with E-state index in [1.807, 2.05) is 0 Å². The number of carboxylic acids is 1. The monoisotopic (exact) mass is 304 g/mol. The van der Waals surface area contributed by atoms with E-state index >= 15 is 0 Å². The third-order valence-electron chi connectivity index (χ3n) is 2.70. The molecule has 0 fully saturated rings. The van der Waals surface area contributed by atoms with E-state index in [0.29, 0.717) is 0 Å². The molecule has 1 rings (SSSR count). The summed E-state index contributed by atoms with van der Waals surface area (Å²) in [6.45, 7) is 0.131. The van der Waals surface area contributed by atoms with Gasteiger partial charge < -0.3 is 15.3 Å². The molecule has 0 saturated heterocycles. The zero-order chi connectivity index (χ0) is 16.0. The molecule has 116 valence electrons. The average molecular weight is 304 g/mol. The van der Waals surface area contributed by atoms with Crippen LogP contribution in [-0.4, -0.2) is 35.6 Å². The van der Waals surface area contributed by atoms with Gasteiger partial charge in [-0.1, -0.05) is 12.1 Å². The minimum Gasteiger partial charge on any atom is -0.481 e. The molecule has 0 spiro atoms. The molecule has 0 bridgehead atoms. The molecule has 8 heteroatoms. The van der Waals surface area contributed by atoms with Crippen LogP contribution in [0.15, 0.2) is 24.3 Å². The Bertz CT molecular complexity index is 518. The van der Waals surface area contributed by atoms with Gasteiger partial charge in [-0.15, -0.1) is 0 Å². The summed E-state index contributed by atoms with van der Waals surface area (Å²) in [5.41, 5.74) is -1.27. The Morgan fingerprint density at radius 2 is 1.90 bits per heavy atom. The molecule has 21 heavy (non-hydrogen) atoms. The molecule has 2 N–H and O–H groups in total. The fraction of sp³-hybridized carbons (Fsp3) is 0.385. The SMILES string of the molecule is CN(CCCC(=O)O)C(=O)Nc1ccccc1C(F)(F)F. The molecular weight excluding hydrogens is 289 g/mol. The van der Waals surface area contributed by atoms with E-state index in [1.54, 1.807) is 0 Å². The number of para-hydroxylation sites is 1. The molecule has 0 unspecified atom stereocenters. The van der Waals surface area contributed by atoms with Crippen LogP contribution in [0.2, 0.25) is 0 Å². The molecule has 0 aliphatic heterocycles. The molecule has 0 heterocycles. The molecular formula is C13H15F3N2O3. The lowest BCUT2D eigenvalue weighted by molar-refractivity contribution is -0.138. The van der Waals surface area contributed by atoms with Crippen molar-refractivity contribution in [1.82, 2.24) is 4.90 Å². The lowest BCUT2D eigenvalue weighted by Gasteiger charge is -2.19. The van der Waals surface area contributed by atoms with Gasteiger partial charge in [-0.05, 0) is 18.6 Å². The number of hydrogen-bond donors (Lipinski definition) is 2. The first kappa shape index (κ1) is 16.8. The number of alkyl halides is 3. The first-order valence-electron chi connectivity index (χ1n) is 6.12. The van der Waals surface area contributed by atoms with E-state index in [-0.39, 0.29) is 25.1 Å². The summed E-state index contributed by atoms with van der Waals surface area (Å²) < 4.78 is 38.3. The zero-order valence-corrected chi connectivity index (χ0v) is 11.3. The van der Waals surface area contributed by atoms with E-state index in [1.165, 1.54) is 19.2 Å². The van der Waals surface area contributed by atoms with E-state index in [2.05, 4.69) is 5.32 Å². The second-order valence-corrected chi connectivity index (χ2v) is 4.39. The highest BCUT2D eigenvalue weighted by Crippen LogP contribution is 2.34. The highest BCUT2D eigenvalue weighted by atomic mass is 19.4. The molecule has 0 aliphatic carbocycles. The van der Waals surface area contributed by atoms with Crippen molar-refractivity contribution in [2.75, 3.05) is 18.9 Å². The molecule has 0 radical (unpaired) electrons. The maximum atomic E-state index is 12.8. The van der Waals surface area contributed by atoms with Gasteiger partial charge in [0.2, 0.25) is 0 Å². The lowest BCUT2D eigenvalue weighted by Crippen LogP contribution is -2.33. The molecule has 0 aliphatic rings. The number of halogens is 3. The van der Waals surface area contributed by atoms with Crippen molar-refractivity contribution in [3.05, 3.63) is 29.8 Å². The topological polar surface area (TPSA) is 69.6 Å². The summed E-state index contributed by atoms with van der Waals surface area (Å²) in [4.78, 5) is 23.3. The molecule has 2 amide bonds. The van der Waals surface area contributed by atoms with Gasteiger partial charge in [0.05, 0.1) is 11.3 Å². The van der Waals surface area contributed by atoms with Gasteiger partial charge in [0, 0.05) is 20.0 Å². The van der Waals surface area contributed by atoms with E-state index in [9.17, 15) is 22.8 Å². The molecule has 0 aromatic heterocycles. The minimum atomic E-state index is -4.56. The van der Waals surface area contributed by atoms with Crippen LogP contribution >= 0.6 is 0 Å². The van der Waals surface area contributed by atoms with Gasteiger partial charge in [-0.3, -0.25) is 4.79 Å². The van der Waals surface area contributed by atoms with Crippen LogP contribution in [0.4, 0.5) is 23.7 Å². The van der Waals surface area contributed by atoms with Crippen LogP contribution in [0.3, 0.4) is 0 Å². The number of carbonyl (C=O) groups is 2. The summed E-state index contributed by atoms with van der Waals surface area (Å²) in [7, 11) is 1.38. The van der Waals surface area contributed by atoms with Gasteiger partial charge in [0.25, 0.3) is 0 Å². The van der Waals surface area contributed by atoms with Crippen molar-refractivity contribution in [2.24, 2.45) is 0 Å². The van der Waals surface area contributed by atoms with Crippen molar-refractivity contribution in [3.8, 4) is 0 Å². The van der Waals surface area contributed by atoms with Gasteiger partial charge >= 0.3 is 18.2 Å². The Kier molecular flexibility index (Phi) is 5.57. The number of hydrogen-bond acceptors (Lipinski definition) is 2. The van der Waals surface area contributed by atoms with Crippen LogP contribution in [0.25, 0.3) is 0 Å². The van der Waals surface area contributed by atoms with Crippen LogP contribution in [-0.2, 0) is 11.0 Å². The number of benzene rings is 1. The molecule has 0 atom stereocenters. The third kappa shape index (κ3) is 5.33. The van der Waals surface area contributed by atoms with Crippen molar-refractivity contribution in [2.45, 2.75) is 19.0 Å². The average Bonchev–Trinajstić information content (AvgIpc) is 2.37. The van der Waals surface area contributed by atoms with Gasteiger partial charge in [-0.25, -0.2) is 4.79 Å². The normalized spacial score (nSPS) is 11.0. The zero-order valence-electron chi connectivity index (χ0n) is 11.3. The Morgan fingerprint density at radius 3 is 2.48 bits per heavy atom. The molecule has 1 aromatic rings.